The number of amides is 1. The largest absolute Gasteiger partial charge is 0.467 e. The number of esters is 1. The number of aliphatic hydroxyl groups excluding tert-OH is 1. The van der Waals surface area contributed by atoms with Crippen molar-refractivity contribution in [2.24, 2.45) is 0 Å². The molecule has 4 aromatic carbocycles. The Kier molecular flexibility index (Phi) is 13.7. The van der Waals surface area contributed by atoms with Crippen molar-refractivity contribution in [2.45, 2.75) is 54.5 Å². The van der Waals surface area contributed by atoms with Crippen LogP contribution in [-0.4, -0.2) is 60.4 Å². The van der Waals surface area contributed by atoms with Crippen molar-refractivity contribution < 1.29 is 37.0 Å². The predicted molar refractivity (Wildman–Crippen MR) is 199 cm³/mol. The number of ether oxygens (including phenoxy) is 1. The number of halogens is 5. The van der Waals surface area contributed by atoms with Crippen LogP contribution in [0.15, 0.2) is 120 Å². The van der Waals surface area contributed by atoms with E-state index >= 15 is 17.6 Å². The summed E-state index contributed by atoms with van der Waals surface area (Å²) in [6, 6.07) is 30.5. The van der Waals surface area contributed by atoms with Crippen LogP contribution >= 0.6 is 27.7 Å². The molecule has 0 aliphatic heterocycles. The minimum absolute atomic E-state index is 0.0930. The Labute approximate surface area is 313 Å². The van der Waals surface area contributed by atoms with Crippen LogP contribution < -0.4 is 10.6 Å². The molecule has 274 valence electrons. The quantitative estimate of drug-likeness (QED) is 0.0526. The first-order valence-corrected chi connectivity index (χ1v) is 18.0. The Balaban J connectivity index is 1.78. The third kappa shape index (κ3) is 9.63. The lowest BCUT2D eigenvalue weighted by atomic mass is 9.84. The summed E-state index contributed by atoms with van der Waals surface area (Å²) in [6.45, 7) is 1.35. The Hall–Kier alpha value is -4.15. The van der Waals surface area contributed by atoms with E-state index in [9.17, 15) is 14.7 Å². The molecule has 52 heavy (non-hydrogen) atoms. The molecular formula is C40H39BrF4N2O4S. The molecule has 0 spiro atoms. The molecule has 0 unspecified atom stereocenters. The molecule has 0 saturated heterocycles. The topological polar surface area (TPSA) is 87.7 Å². The van der Waals surface area contributed by atoms with Crippen LogP contribution in [0.1, 0.15) is 42.5 Å². The number of carbonyl (C=O) groups is 2. The summed E-state index contributed by atoms with van der Waals surface area (Å²) >= 11 is 4.54. The zero-order chi connectivity index (χ0) is 38.0. The van der Waals surface area contributed by atoms with Gasteiger partial charge in [0.25, 0.3) is 0 Å². The normalized spacial score (nSPS) is 14.2. The van der Waals surface area contributed by atoms with Crippen molar-refractivity contribution in [1.29, 1.82) is 0 Å². The second-order valence-electron chi connectivity index (χ2n) is 12.5. The highest BCUT2D eigenvalue weighted by molar-refractivity contribution is 9.10. The minimum Gasteiger partial charge on any atom is -0.467 e. The summed E-state index contributed by atoms with van der Waals surface area (Å²) in [6.07, 6.45) is -5.88. The average molecular weight is 800 g/mol. The van der Waals surface area contributed by atoms with E-state index in [1.165, 1.54) is 23.9 Å². The maximum absolute atomic E-state index is 15.3. The molecule has 4 rings (SSSR count). The summed E-state index contributed by atoms with van der Waals surface area (Å²) < 4.78 is 65.5. The monoisotopic (exact) mass is 798 g/mol. The number of alkyl halides is 4. The molecule has 0 aromatic heterocycles. The molecule has 3 atom stereocenters. The van der Waals surface area contributed by atoms with E-state index in [1.54, 1.807) is 0 Å². The van der Waals surface area contributed by atoms with Gasteiger partial charge >= 0.3 is 12.1 Å². The van der Waals surface area contributed by atoms with Crippen LogP contribution in [0.25, 0.3) is 0 Å². The summed E-state index contributed by atoms with van der Waals surface area (Å²) in [5.41, 5.74) is -3.12. The van der Waals surface area contributed by atoms with Crippen LogP contribution in [0, 0.1) is 11.8 Å². The number of hydrogen-bond donors (Lipinski definition) is 3. The van der Waals surface area contributed by atoms with E-state index in [-0.39, 0.29) is 5.75 Å². The maximum atomic E-state index is 15.3. The third-order valence-electron chi connectivity index (χ3n) is 8.26. The maximum Gasteiger partial charge on any atom is 0.422 e. The zero-order valence-electron chi connectivity index (χ0n) is 28.7. The van der Waals surface area contributed by atoms with Crippen molar-refractivity contribution in [3.63, 3.8) is 0 Å². The summed E-state index contributed by atoms with van der Waals surface area (Å²) in [4.78, 5) is 27.5. The summed E-state index contributed by atoms with van der Waals surface area (Å²) in [5.74, 6) is 2.12. The fraction of sp³-hybridized carbons (Fsp3) is 0.300. The van der Waals surface area contributed by atoms with E-state index in [0.717, 1.165) is 49.8 Å². The molecule has 0 aliphatic rings. The molecule has 3 N–H and O–H groups in total. The Morgan fingerprint density at radius 3 is 1.67 bits per heavy atom. The van der Waals surface area contributed by atoms with Crippen molar-refractivity contribution >= 4 is 39.6 Å². The molecule has 4 aromatic rings. The number of aliphatic hydroxyl groups is 1. The first kappa shape index (κ1) is 40.6. The molecule has 0 bridgehead atoms. The third-order valence-corrected chi connectivity index (χ3v) is 10.4. The van der Waals surface area contributed by atoms with E-state index in [0.29, 0.717) is 4.47 Å². The van der Waals surface area contributed by atoms with Gasteiger partial charge in [-0.15, -0.1) is 11.8 Å². The van der Waals surface area contributed by atoms with Gasteiger partial charge in [0.2, 0.25) is 11.4 Å². The van der Waals surface area contributed by atoms with Gasteiger partial charge in [-0.25, -0.2) is 9.18 Å². The molecule has 6 nitrogen and oxygen atoms in total. The second-order valence-corrected chi connectivity index (χ2v) is 14.7. The molecule has 12 heteroatoms. The van der Waals surface area contributed by atoms with Crippen molar-refractivity contribution in [3.05, 3.63) is 142 Å². The van der Waals surface area contributed by atoms with E-state index in [2.05, 4.69) is 38.4 Å². The number of nitrogens with one attached hydrogen (secondary N) is 2. The summed E-state index contributed by atoms with van der Waals surface area (Å²) in [5, 5.41) is 14.3. The minimum atomic E-state index is -5.15. The molecular weight excluding hydrogens is 760 g/mol. The molecule has 0 aliphatic carbocycles. The van der Waals surface area contributed by atoms with Gasteiger partial charge in [-0.2, -0.15) is 13.2 Å². The van der Waals surface area contributed by atoms with Crippen LogP contribution in [0.5, 0.6) is 0 Å². The van der Waals surface area contributed by atoms with Crippen LogP contribution in [-0.2, 0) is 24.6 Å². The number of rotatable bonds is 14. The number of benzene rings is 4. The van der Waals surface area contributed by atoms with Crippen LogP contribution in [0.4, 0.5) is 17.6 Å². The Morgan fingerprint density at radius 2 is 1.27 bits per heavy atom. The molecule has 0 heterocycles. The lowest BCUT2D eigenvalue weighted by Gasteiger charge is -2.38. The first-order chi connectivity index (χ1) is 24.7. The zero-order valence-corrected chi connectivity index (χ0v) is 31.1. The van der Waals surface area contributed by atoms with Crippen LogP contribution in [0.3, 0.4) is 0 Å². The first-order valence-electron chi connectivity index (χ1n) is 16.3. The number of hydrogen-bond acceptors (Lipinski definition) is 6. The molecule has 0 radical (unpaired) electrons. The van der Waals surface area contributed by atoms with Crippen molar-refractivity contribution in [1.82, 2.24) is 10.6 Å². The van der Waals surface area contributed by atoms with Gasteiger partial charge in [0.1, 0.15) is 18.3 Å². The second kappa shape index (κ2) is 17.6. The van der Waals surface area contributed by atoms with Gasteiger partial charge < -0.3 is 15.2 Å². The van der Waals surface area contributed by atoms with Gasteiger partial charge in [0.15, 0.2) is 0 Å². The Morgan fingerprint density at radius 1 is 0.788 bits per heavy atom. The lowest BCUT2D eigenvalue weighted by molar-refractivity contribution is -0.185. The van der Waals surface area contributed by atoms with Gasteiger partial charge in [0.05, 0.1) is 17.9 Å². The smallest absolute Gasteiger partial charge is 0.422 e. The van der Waals surface area contributed by atoms with E-state index in [4.69, 9.17) is 4.74 Å². The summed E-state index contributed by atoms with van der Waals surface area (Å²) in [7, 11) is 1.14. The highest BCUT2D eigenvalue weighted by atomic mass is 79.9. The predicted octanol–water partition coefficient (Wildman–Crippen LogP) is 7.68. The van der Waals surface area contributed by atoms with Crippen molar-refractivity contribution in [3.8, 4) is 11.8 Å². The fourth-order valence-corrected chi connectivity index (χ4v) is 7.70. The standard InChI is InChI=1S/C40H39BrF4N2O4S/c1-37(2,42)26-33(47-38(24-13-25-48,40(43,44)45)28-20-22-32(41)23-21-28)35(49)46-34(36(50)51-3)27-52-39(29-14-7-4-8-15-29,30-16-9-5-10-17-30)31-18-11-6-12-19-31/h4-12,14-23,33-34,47-48H,25-27H2,1-3H3,(H,46,49)/t33-,34-,38-/m0/s1. The molecule has 1 amide bonds. The highest BCUT2D eigenvalue weighted by Crippen LogP contribution is 2.48. The SMILES string of the molecule is COC(=O)[C@H](CSC(c1ccccc1)(c1ccccc1)c1ccccc1)NC(=O)[C@H](CC(C)(C)F)N[C@@](C#CCO)(c1ccc(Br)cc1)C(F)(F)F. The average Bonchev–Trinajstić information content (AvgIpc) is 3.13. The van der Waals surface area contributed by atoms with Crippen molar-refractivity contribution in [2.75, 3.05) is 19.5 Å². The fourth-order valence-electron chi connectivity index (χ4n) is 5.90. The van der Waals surface area contributed by atoms with Gasteiger partial charge in [-0.1, -0.05) is 131 Å². The van der Waals surface area contributed by atoms with E-state index in [1.807, 2.05) is 91.0 Å². The number of carbonyl (C=O) groups excluding carboxylic acids is 2. The lowest BCUT2D eigenvalue weighted by Crippen LogP contribution is -2.62. The molecule has 0 fully saturated rings. The Bertz CT molecular complexity index is 1730. The molecule has 0 saturated carbocycles. The van der Waals surface area contributed by atoms with Gasteiger partial charge in [-0.05, 0) is 48.2 Å². The number of thioether (sulfide) groups is 1. The highest BCUT2D eigenvalue weighted by Gasteiger charge is 2.57. The van der Waals surface area contributed by atoms with E-state index < -0.39 is 64.7 Å². The number of methoxy groups -OCH3 is 1. The van der Waals surface area contributed by atoms with Gasteiger partial charge in [-0.3, -0.25) is 10.1 Å². The van der Waals surface area contributed by atoms with Gasteiger partial charge in [0, 0.05) is 16.6 Å². The van der Waals surface area contributed by atoms with Crippen LogP contribution in [0.2, 0.25) is 0 Å².